The van der Waals surface area contributed by atoms with Crippen LogP contribution < -0.4 is 4.90 Å². The van der Waals surface area contributed by atoms with Crippen LogP contribution >= 0.6 is 0 Å². The maximum Gasteiger partial charge on any atom is 0.0614 e. The SMILES string of the molecule is CC(C)(C)C1=CC2C3C(=C1)N(c1ccc(C(C)(C)C)cc1C1C=CC=CC1)C1CC(C(C)(C)C)CC=C1C3CC1CC=Cc3c4c(n2c31)-c1ccccc1C4(C)C. The maximum atomic E-state index is 2.96. The molecule has 10 rings (SSSR count). The highest BCUT2D eigenvalue weighted by molar-refractivity contribution is 5.86. The van der Waals surface area contributed by atoms with Gasteiger partial charge >= 0.3 is 0 Å². The Morgan fingerprint density at radius 3 is 2.32 bits per heavy atom. The highest BCUT2D eigenvalue weighted by Crippen LogP contribution is 2.64. The summed E-state index contributed by atoms with van der Waals surface area (Å²) < 4.78 is 2.95. The molecule has 2 nitrogen and oxygen atoms in total. The highest BCUT2D eigenvalue weighted by atomic mass is 15.2. The van der Waals surface area contributed by atoms with E-state index in [0.29, 0.717) is 35.6 Å². The average Bonchev–Trinajstić information content (AvgIpc) is 3.58. The van der Waals surface area contributed by atoms with Crippen LogP contribution in [0, 0.1) is 28.6 Å². The van der Waals surface area contributed by atoms with Gasteiger partial charge < -0.3 is 9.47 Å². The zero-order chi connectivity index (χ0) is 40.0. The van der Waals surface area contributed by atoms with Gasteiger partial charge in [-0.05, 0) is 106 Å². The van der Waals surface area contributed by atoms with Crippen LogP contribution in [0.1, 0.15) is 160 Å². The van der Waals surface area contributed by atoms with Gasteiger partial charge in [-0.15, -0.1) is 0 Å². The van der Waals surface area contributed by atoms with Crippen molar-refractivity contribution in [1.29, 1.82) is 0 Å². The molecule has 2 heteroatoms. The molecular formula is C55H66N2. The summed E-state index contributed by atoms with van der Waals surface area (Å²) in [6.07, 6.45) is 28.5. The molecule has 0 saturated carbocycles. The molecule has 0 bridgehead atoms. The van der Waals surface area contributed by atoms with Gasteiger partial charge in [0.2, 0.25) is 0 Å². The number of hydrogen-bond donors (Lipinski definition) is 0. The van der Waals surface area contributed by atoms with Crippen LogP contribution in [0.4, 0.5) is 5.69 Å². The Bertz CT molecular complexity index is 2360. The zero-order valence-corrected chi connectivity index (χ0v) is 36.7. The largest absolute Gasteiger partial charge is 0.337 e. The van der Waals surface area contributed by atoms with Gasteiger partial charge in [0.15, 0.2) is 0 Å². The Balaban J connectivity index is 1.27. The van der Waals surface area contributed by atoms with Crippen LogP contribution in [-0.2, 0) is 10.8 Å². The van der Waals surface area contributed by atoms with Gasteiger partial charge in [0.05, 0.1) is 17.8 Å². The highest BCUT2D eigenvalue weighted by Gasteiger charge is 2.55. The number of benzene rings is 2. The minimum absolute atomic E-state index is 0.00472. The van der Waals surface area contributed by atoms with E-state index >= 15 is 0 Å². The van der Waals surface area contributed by atoms with Gasteiger partial charge in [-0.3, -0.25) is 0 Å². The van der Waals surface area contributed by atoms with E-state index in [2.05, 4.69) is 183 Å². The molecule has 0 amide bonds. The van der Waals surface area contributed by atoms with Gasteiger partial charge in [-0.2, -0.15) is 0 Å². The molecule has 1 saturated heterocycles. The minimum Gasteiger partial charge on any atom is -0.337 e. The minimum atomic E-state index is -0.0424. The maximum absolute atomic E-state index is 2.96. The first kappa shape index (κ1) is 37.2. The van der Waals surface area contributed by atoms with Crippen LogP contribution in [0.2, 0.25) is 0 Å². The molecule has 3 heterocycles. The van der Waals surface area contributed by atoms with Crippen LogP contribution in [-0.4, -0.2) is 10.6 Å². The fraction of sp³-hybridized carbons (Fsp3) is 0.491. The first-order valence-electron chi connectivity index (χ1n) is 22.4. The van der Waals surface area contributed by atoms with Crippen molar-refractivity contribution >= 4 is 11.8 Å². The Hall–Kier alpha value is -4.04. The lowest BCUT2D eigenvalue weighted by Crippen LogP contribution is -2.53. The standard InChI is InChI=1S/C55H66N2/c1-52(2,3)35-25-27-44(41(29-35)33-18-13-12-14-19-33)56-45-30-36(53(4,5)6)24-26-38(45)42-28-34-20-17-22-40-49-51(39-21-15-16-23-43(39)55(49,10)11)57(50(34)40)47-32-37(54(7,8)9)31-46(56)48(42)47/h12-18,21-23,25-27,29,31-34,36,42,45,47-48H,19-20,24,28,30H2,1-11H3. The van der Waals surface area contributed by atoms with Crippen molar-refractivity contribution < 1.29 is 0 Å². The second kappa shape index (κ2) is 12.5. The number of aromatic nitrogens is 1. The topological polar surface area (TPSA) is 8.17 Å². The third-order valence-corrected chi connectivity index (χ3v) is 15.7. The summed E-state index contributed by atoms with van der Waals surface area (Å²) >= 11 is 0. The number of piperidine rings is 1. The number of fused-ring (bicyclic) bond motifs is 8. The molecule has 1 fully saturated rings. The molecule has 1 aromatic heterocycles. The van der Waals surface area contributed by atoms with Crippen molar-refractivity contribution in [3.8, 4) is 11.3 Å². The zero-order valence-electron chi connectivity index (χ0n) is 36.7. The van der Waals surface area contributed by atoms with E-state index in [0.717, 1.165) is 12.8 Å². The third kappa shape index (κ3) is 5.54. The van der Waals surface area contributed by atoms with Crippen molar-refractivity contribution in [1.82, 2.24) is 4.57 Å². The first-order chi connectivity index (χ1) is 26.9. The van der Waals surface area contributed by atoms with Gasteiger partial charge in [-0.1, -0.05) is 161 Å². The number of rotatable bonds is 2. The summed E-state index contributed by atoms with van der Waals surface area (Å²) in [6, 6.07) is 17.6. The smallest absolute Gasteiger partial charge is 0.0614 e. The second-order valence-electron chi connectivity index (χ2n) is 22.5. The summed E-state index contributed by atoms with van der Waals surface area (Å²) in [5.74, 6) is 2.35. The van der Waals surface area contributed by atoms with E-state index in [9.17, 15) is 0 Å². The fourth-order valence-electron chi connectivity index (χ4n) is 12.5. The lowest BCUT2D eigenvalue weighted by molar-refractivity contribution is 0.187. The molecule has 7 unspecified atom stereocenters. The van der Waals surface area contributed by atoms with Crippen molar-refractivity contribution in [3.63, 3.8) is 0 Å². The second-order valence-corrected chi connectivity index (χ2v) is 22.5. The Labute approximate surface area is 344 Å². The molecule has 2 aliphatic heterocycles. The molecule has 7 atom stereocenters. The number of anilines is 1. The normalized spacial score (nSPS) is 29.4. The van der Waals surface area contributed by atoms with Gasteiger partial charge in [-0.25, -0.2) is 0 Å². The molecule has 0 N–H and O–H groups in total. The molecule has 0 spiro atoms. The molecule has 2 aromatic carbocycles. The number of allylic oxidation sites excluding steroid dienone is 10. The van der Waals surface area contributed by atoms with E-state index in [1.54, 1.807) is 22.5 Å². The molecule has 57 heavy (non-hydrogen) atoms. The summed E-state index contributed by atoms with van der Waals surface area (Å²) in [4.78, 5) is 2.96. The summed E-state index contributed by atoms with van der Waals surface area (Å²) in [6.45, 7) is 26.9. The summed E-state index contributed by atoms with van der Waals surface area (Å²) in [5.41, 5.74) is 18.6. The summed E-state index contributed by atoms with van der Waals surface area (Å²) in [5, 5.41) is 0. The lowest BCUT2D eigenvalue weighted by Gasteiger charge is -2.55. The quantitative estimate of drug-likeness (QED) is 0.237. The Morgan fingerprint density at radius 2 is 1.60 bits per heavy atom. The van der Waals surface area contributed by atoms with Crippen LogP contribution in [0.25, 0.3) is 17.3 Å². The molecule has 7 aliphatic rings. The van der Waals surface area contributed by atoms with Gasteiger partial charge in [0.25, 0.3) is 0 Å². The molecule has 0 radical (unpaired) electrons. The van der Waals surface area contributed by atoms with Crippen LogP contribution in [0.5, 0.6) is 0 Å². The number of nitrogens with zero attached hydrogens (tertiary/aromatic N) is 2. The fourth-order valence-corrected chi connectivity index (χ4v) is 12.5. The van der Waals surface area contributed by atoms with Crippen molar-refractivity contribution in [2.45, 2.75) is 143 Å². The average molecular weight is 755 g/mol. The molecule has 5 aliphatic carbocycles. The van der Waals surface area contributed by atoms with Gasteiger partial charge in [0.1, 0.15) is 0 Å². The molecular weight excluding hydrogens is 689 g/mol. The molecule has 3 aromatic rings. The van der Waals surface area contributed by atoms with E-state index in [-0.39, 0.29) is 27.7 Å². The van der Waals surface area contributed by atoms with Gasteiger partial charge in [0, 0.05) is 51.4 Å². The van der Waals surface area contributed by atoms with E-state index in [1.807, 2.05) is 0 Å². The lowest BCUT2D eigenvalue weighted by atomic mass is 9.61. The predicted octanol–water partition coefficient (Wildman–Crippen LogP) is 14.5. The van der Waals surface area contributed by atoms with E-state index in [4.69, 9.17) is 0 Å². The van der Waals surface area contributed by atoms with E-state index < -0.39 is 0 Å². The first-order valence-corrected chi connectivity index (χ1v) is 22.4. The Morgan fingerprint density at radius 1 is 0.807 bits per heavy atom. The van der Waals surface area contributed by atoms with Crippen LogP contribution in [0.15, 0.2) is 108 Å². The monoisotopic (exact) mass is 755 g/mol. The number of hydrogen-bond acceptors (Lipinski definition) is 1. The van der Waals surface area contributed by atoms with Crippen molar-refractivity contribution in [2.75, 3.05) is 4.90 Å². The van der Waals surface area contributed by atoms with Crippen molar-refractivity contribution in [3.05, 3.63) is 141 Å². The summed E-state index contributed by atoms with van der Waals surface area (Å²) in [7, 11) is 0. The van der Waals surface area contributed by atoms with Crippen LogP contribution in [0.3, 0.4) is 0 Å². The Kier molecular flexibility index (Phi) is 8.16. The van der Waals surface area contributed by atoms with Crippen molar-refractivity contribution in [2.24, 2.45) is 28.6 Å². The molecule has 296 valence electrons. The third-order valence-electron chi connectivity index (χ3n) is 15.7. The van der Waals surface area contributed by atoms with E-state index in [1.165, 1.54) is 64.0 Å². The predicted molar refractivity (Wildman–Crippen MR) is 242 cm³/mol.